The van der Waals surface area contributed by atoms with Gasteiger partial charge in [0.2, 0.25) is 0 Å². The van der Waals surface area contributed by atoms with Gasteiger partial charge < -0.3 is 0 Å². The number of nitrogens with zero attached hydrogens (tertiary/aromatic N) is 3. The lowest BCUT2D eigenvalue weighted by atomic mass is 9.88. The molecule has 0 radical (unpaired) electrons. The molecule has 5 heteroatoms. The molecule has 1 saturated heterocycles. The molecule has 0 aliphatic carbocycles. The van der Waals surface area contributed by atoms with Crippen molar-refractivity contribution in [1.82, 2.24) is 20.1 Å². The van der Waals surface area contributed by atoms with Gasteiger partial charge >= 0.3 is 0 Å². The summed E-state index contributed by atoms with van der Waals surface area (Å²) in [7, 11) is 0. The molecule has 0 unspecified atom stereocenters. The smallest absolute Gasteiger partial charge is 0.159 e. The second-order valence-corrected chi connectivity index (χ2v) is 9.75. The van der Waals surface area contributed by atoms with E-state index in [0.29, 0.717) is 5.92 Å². The summed E-state index contributed by atoms with van der Waals surface area (Å²) in [4.78, 5) is 18.7. The van der Waals surface area contributed by atoms with Gasteiger partial charge in [0.1, 0.15) is 0 Å². The summed E-state index contributed by atoms with van der Waals surface area (Å²) >= 11 is 0. The van der Waals surface area contributed by atoms with E-state index in [1.807, 2.05) is 24.5 Å². The molecule has 3 heterocycles. The summed E-state index contributed by atoms with van der Waals surface area (Å²) < 4.78 is 0. The van der Waals surface area contributed by atoms with Crippen molar-refractivity contribution in [1.29, 1.82) is 0 Å². The van der Waals surface area contributed by atoms with E-state index in [0.717, 1.165) is 54.6 Å². The summed E-state index contributed by atoms with van der Waals surface area (Å²) in [6, 6.07) is 16.7. The molecular formula is C30H32N4O. The largest absolute Gasteiger partial charge is 0.299 e. The van der Waals surface area contributed by atoms with E-state index in [2.05, 4.69) is 76.4 Å². The van der Waals surface area contributed by atoms with E-state index < -0.39 is 0 Å². The number of aromatic amines is 1. The molecule has 0 bridgehead atoms. The fraction of sp³-hybridized carbons (Fsp3) is 0.300. The number of nitrogens with one attached hydrogen (secondary N) is 1. The predicted molar refractivity (Wildman–Crippen MR) is 143 cm³/mol. The Morgan fingerprint density at radius 3 is 2.60 bits per heavy atom. The highest BCUT2D eigenvalue weighted by Crippen LogP contribution is 2.31. The van der Waals surface area contributed by atoms with Crippen molar-refractivity contribution in [3.05, 3.63) is 88.9 Å². The van der Waals surface area contributed by atoms with E-state index in [9.17, 15) is 4.79 Å². The van der Waals surface area contributed by atoms with Crippen LogP contribution in [0.4, 0.5) is 0 Å². The first-order valence-corrected chi connectivity index (χ1v) is 12.4. The Morgan fingerprint density at radius 2 is 1.86 bits per heavy atom. The fourth-order valence-corrected chi connectivity index (χ4v) is 5.18. The summed E-state index contributed by atoms with van der Waals surface area (Å²) in [5.74, 6) is 0.698. The molecule has 35 heavy (non-hydrogen) atoms. The van der Waals surface area contributed by atoms with E-state index in [4.69, 9.17) is 0 Å². The number of aryl methyl sites for hydroxylation is 1. The van der Waals surface area contributed by atoms with Crippen molar-refractivity contribution < 1.29 is 4.79 Å². The molecule has 1 N–H and O–H groups in total. The first kappa shape index (κ1) is 23.2. The van der Waals surface area contributed by atoms with Crippen molar-refractivity contribution in [3.63, 3.8) is 0 Å². The maximum atomic E-state index is 11.6. The number of hydrogen-bond donors (Lipinski definition) is 1. The predicted octanol–water partition coefficient (Wildman–Crippen LogP) is 6.42. The Hall–Kier alpha value is -3.57. The lowest BCUT2D eigenvalue weighted by Crippen LogP contribution is -2.34. The van der Waals surface area contributed by atoms with Crippen LogP contribution in [-0.4, -0.2) is 45.5 Å². The number of fused-ring (bicyclic) bond motifs is 1. The van der Waals surface area contributed by atoms with Crippen molar-refractivity contribution in [2.24, 2.45) is 0 Å². The Morgan fingerprint density at radius 1 is 1.09 bits per heavy atom. The van der Waals surface area contributed by atoms with Gasteiger partial charge in [-0.1, -0.05) is 42.0 Å². The number of H-pyrrole nitrogens is 1. The van der Waals surface area contributed by atoms with Crippen LogP contribution in [0.3, 0.4) is 0 Å². The second kappa shape index (κ2) is 9.96. The van der Waals surface area contributed by atoms with Crippen LogP contribution in [0.25, 0.3) is 28.1 Å². The quantitative estimate of drug-likeness (QED) is 0.335. The highest BCUT2D eigenvalue weighted by molar-refractivity contribution is 5.94. The molecule has 2 aromatic heterocycles. The van der Waals surface area contributed by atoms with E-state index in [1.54, 1.807) is 6.92 Å². The molecule has 0 spiro atoms. The fourth-order valence-electron chi connectivity index (χ4n) is 5.18. The third kappa shape index (κ3) is 5.10. The van der Waals surface area contributed by atoms with Crippen molar-refractivity contribution in [2.75, 3.05) is 19.6 Å². The summed E-state index contributed by atoms with van der Waals surface area (Å²) in [5, 5.41) is 8.30. The number of aromatic nitrogens is 3. The number of hydrogen-bond acceptors (Lipinski definition) is 4. The van der Waals surface area contributed by atoms with E-state index in [1.165, 1.54) is 27.8 Å². The number of carbonyl (C=O) groups excluding carboxylic acids is 1. The molecule has 0 saturated carbocycles. The third-order valence-electron chi connectivity index (χ3n) is 7.18. The number of ketones is 1. The first-order valence-electron chi connectivity index (χ1n) is 12.4. The molecule has 1 aliphatic heterocycles. The monoisotopic (exact) mass is 464 g/mol. The van der Waals surface area contributed by atoms with Gasteiger partial charge in [-0.2, -0.15) is 5.10 Å². The SMILES string of the molecule is CC(=O)c1ccc(C2CCN(C/C(C)=C/c3c(-c4ccc5[nH]ncc5c4)ccnc3C)CC2)cc1. The molecular weight excluding hydrogens is 432 g/mol. The minimum atomic E-state index is 0.127. The summed E-state index contributed by atoms with van der Waals surface area (Å²) in [6.07, 6.45) is 8.37. The molecule has 1 aliphatic rings. The van der Waals surface area contributed by atoms with Crippen LogP contribution in [0.1, 0.15) is 59.8 Å². The topological polar surface area (TPSA) is 61.9 Å². The Bertz CT molecular complexity index is 1380. The number of pyridine rings is 1. The normalized spacial score (nSPS) is 15.6. The number of likely N-dealkylation sites (tertiary alicyclic amines) is 1. The van der Waals surface area contributed by atoms with Crippen molar-refractivity contribution in [3.8, 4) is 11.1 Å². The minimum Gasteiger partial charge on any atom is -0.299 e. The zero-order chi connectivity index (χ0) is 24.4. The number of piperidine rings is 1. The van der Waals surface area contributed by atoms with Gasteiger partial charge in [-0.15, -0.1) is 0 Å². The van der Waals surface area contributed by atoms with E-state index in [-0.39, 0.29) is 5.78 Å². The van der Waals surface area contributed by atoms with Gasteiger partial charge in [0.15, 0.2) is 5.78 Å². The van der Waals surface area contributed by atoms with Gasteiger partial charge in [0.05, 0.1) is 11.7 Å². The highest BCUT2D eigenvalue weighted by Gasteiger charge is 2.21. The number of rotatable bonds is 6. The number of benzene rings is 2. The maximum Gasteiger partial charge on any atom is 0.159 e. The average Bonchev–Trinajstić information content (AvgIpc) is 3.34. The van der Waals surface area contributed by atoms with Crippen LogP contribution in [-0.2, 0) is 0 Å². The van der Waals surface area contributed by atoms with Crippen LogP contribution in [0.5, 0.6) is 0 Å². The molecule has 178 valence electrons. The number of carbonyl (C=O) groups is 1. The molecule has 4 aromatic rings. The van der Waals surface area contributed by atoms with Crippen molar-refractivity contribution >= 4 is 22.8 Å². The summed E-state index contributed by atoms with van der Waals surface area (Å²) in [6.45, 7) is 9.06. The average molecular weight is 465 g/mol. The minimum absolute atomic E-state index is 0.127. The Labute approximate surface area is 206 Å². The third-order valence-corrected chi connectivity index (χ3v) is 7.18. The van der Waals surface area contributed by atoms with Gasteiger partial charge in [-0.25, -0.2) is 0 Å². The standard InChI is InChI=1S/C30H32N4O/c1-20(19-34-14-11-25(12-15-34)24-6-4-23(5-7-24)22(3)35)16-29-21(2)31-13-10-28(29)26-8-9-30-27(17-26)18-32-33-30/h4-10,13,16-18,25H,11-12,14-15,19H2,1-3H3,(H,32,33)/b20-16+. The van der Waals surface area contributed by atoms with Crippen LogP contribution in [0, 0.1) is 6.92 Å². The van der Waals surface area contributed by atoms with Gasteiger partial charge in [0, 0.05) is 34.9 Å². The molecule has 5 rings (SSSR count). The Kier molecular flexibility index (Phi) is 6.60. The Balaban J connectivity index is 1.28. The van der Waals surface area contributed by atoms with Gasteiger partial charge in [-0.05, 0) is 87.5 Å². The van der Waals surface area contributed by atoms with Crippen LogP contribution >= 0.6 is 0 Å². The molecule has 2 aromatic carbocycles. The zero-order valence-electron chi connectivity index (χ0n) is 20.7. The van der Waals surface area contributed by atoms with Crippen LogP contribution < -0.4 is 0 Å². The first-order chi connectivity index (χ1) is 17.0. The second-order valence-electron chi connectivity index (χ2n) is 9.75. The number of Topliss-reactive ketones (excluding diaryl/α,β-unsaturated/α-hetero) is 1. The molecule has 0 atom stereocenters. The van der Waals surface area contributed by atoms with Gasteiger partial charge in [-0.3, -0.25) is 19.8 Å². The molecule has 5 nitrogen and oxygen atoms in total. The maximum absolute atomic E-state index is 11.6. The summed E-state index contributed by atoms with van der Waals surface area (Å²) in [5.41, 5.74) is 9.15. The molecule has 1 fully saturated rings. The lowest BCUT2D eigenvalue weighted by Gasteiger charge is -2.32. The van der Waals surface area contributed by atoms with E-state index >= 15 is 0 Å². The van der Waals surface area contributed by atoms with Gasteiger partial charge in [0.25, 0.3) is 0 Å². The van der Waals surface area contributed by atoms with Crippen LogP contribution in [0.2, 0.25) is 0 Å². The van der Waals surface area contributed by atoms with Crippen LogP contribution in [0.15, 0.2) is 66.5 Å². The molecule has 0 amide bonds. The lowest BCUT2D eigenvalue weighted by molar-refractivity contribution is 0.101. The van der Waals surface area contributed by atoms with Crippen molar-refractivity contribution in [2.45, 2.75) is 39.5 Å². The zero-order valence-corrected chi connectivity index (χ0v) is 20.7. The highest BCUT2D eigenvalue weighted by atomic mass is 16.1.